The zero-order valence-electron chi connectivity index (χ0n) is 11.9. The molecule has 0 fully saturated rings. The van der Waals surface area contributed by atoms with E-state index in [1.807, 2.05) is 25.3 Å². The van der Waals surface area contributed by atoms with Gasteiger partial charge in [-0.15, -0.1) is 11.8 Å². The molecule has 0 heterocycles. The molecule has 0 aliphatic heterocycles. The molecule has 0 aliphatic rings. The lowest BCUT2D eigenvalue weighted by molar-refractivity contribution is 0.601. The van der Waals surface area contributed by atoms with Crippen LogP contribution in [0.3, 0.4) is 0 Å². The molecule has 2 aromatic carbocycles. The van der Waals surface area contributed by atoms with E-state index < -0.39 is 9.84 Å². The van der Waals surface area contributed by atoms with Crippen LogP contribution in [0.25, 0.3) is 0 Å². The van der Waals surface area contributed by atoms with Crippen LogP contribution in [0.1, 0.15) is 16.7 Å². The van der Waals surface area contributed by atoms with Crippen LogP contribution in [-0.4, -0.2) is 20.9 Å². The molecule has 0 radical (unpaired) electrons. The predicted octanol–water partition coefficient (Wildman–Crippen LogP) is 3.71. The van der Waals surface area contributed by atoms with Gasteiger partial charge >= 0.3 is 0 Å². The molecule has 4 heteroatoms. The van der Waals surface area contributed by atoms with Gasteiger partial charge < -0.3 is 0 Å². The van der Waals surface area contributed by atoms with Gasteiger partial charge in [0.15, 0.2) is 9.84 Å². The topological polar surface area (TPSA) is 34.1 Å². The third kappa shape index (κ3) is 3.87. The fraction of sp³-hybridized carbons (Fsp3) is 0.250. The first-order chi connectivity index (χ1) is 9.38. The first-order valence-corrected chi connectivity index (χ1v) is 9.43. The summed E-state index contributed by atoms with van der Waals surface area (Å²) in [6.07, 6.45) is 4.05. The summed E-state index contributed by atoms with van der Waals surface area (Å²) in [5.74, 6) is 0. The van der Waals surface area contributed by atoms with Gasteiger partial charge in [0, 0.05) is 11.2 Å². The van der Waals surface area contributed by atoms with E-state index in [1.165, 1.54) is 16.7 Å². The van der Waals surface area contributed by atoms with E-state index in [4.69, 9.17) is 0 Å². The first kappa shape index (κ1) is 15.1. The van der Waals surface area contributed by atoms with Crippen LogP contribution in [-0.2, 0) is 16.3 Å². The molecule has 106 valence electrons. The monoisotopic (exact) mass is 306 g/mol. The lowest BCUT2D eigenvalue weighted by atomic mass is 10.0. The van der Waals surface area contributed by atoms with Crippen molar-refractivity contribution in [2.24, 2.45) is 0 Å². The van der Waals surface area contributed by atoms with Crippen molar-refractivity contribution in [1.82, 2.24) is 0 Å². The Hall–Kier alpha value is -1.26. The second kappa shape index (κ2) is 6.02. The molecule has 0 bridgehead atoms. The summed E-state index contributed by atoms with van der Waals surface area (Å²) in [4.78, 5) is 1.62. The van der Waals surface area contributed by atoms with Crippen LogP contribution in [0.5, 0.6) is 0 Å². The molecule has 2 nitrogen and oxygen atoms in total. The summed E-state index contributed by atoms with van der Waals surface area (Å²) in [7, 11) is -3.16. The highest BCUT2D eigenvalue weighted by Crippen LogP contribution is 2.21. The summed E-state index contributed by atoms with van der Waals surface area (Å²) in [6.45, 7) is 1.93. The highest BCUT2D eigenvalue weighted by atomic mass is 32.2. The van der Waals surface area contributed by atoms with Gasteiger partial charge in [0.05, 0.1) is 4.90 Å². The number of benzene rings is 2. The van der Waals surface area contributed by atoms with Crippen LogP contribution >= 0.6 is 11.8 Å². The number of thioether (sulfide) groups is 1. The highest BCUT2D eigenvalue weighted by molar-refractivity contribution is 7.98. The van der Waals surface area contributed by atoms with Crippen LogP contribution in [0, 0.1) is 6.92 Å². The molecule has 0 amide bonds. The molecular weight excluding hydrogens is 288 g/mol. The number of hydrogen-bond donors (Lipinski definition) is 0. The number of rotatable bonds is 4. The number of aryl methyl sites for hydroxylation is 1. The van der Waals surface area contributed by atoms with Crippen molar-refractivity contribution in [3.63, 3.8) is 0 Å². The summed E-state index contributed by atoms with van der Waals surface area (Å²) >= 11 is 1.71. The van der Waals surface area contributed by atoms with Crippen LogP contribution in [0.15, 0.2) is 52.3 Å². The molecule has 2 rings (SSSR count). The Kier molecular flexibility index (Phi) is 4.55. The van der Waals surface area contributed by atoms with Gasteiger partial charge in [-0.25, -0.2) is 8.42 Å². The molecular formula is C16H18O2S2. The molecule has 0 N–H and O–H groups in total. The maximum Gasteiger partial charge on any atom is 0.175 e. The van der Waals surface area contributed by atoms with Crippen molar-refractivity contribution in [2.75, 3.05) is 12.5 Å². The summed E-state index contributed by atoms with van der Waals surface area (Å²) in [5.41, 5.74) is 3.20. The van der Waals surface area contributed by atoms with Gasteiger partial charge in [0.1, 0.15) is 0 Å². The molecule has 2 aromatic rings. The quantitative estimate of drug-likeness (QED) is 0.808. The number of sulfone groups is 1. The largest absolute Gasteiger partial charge is 0.224 e. The van der Waals surface area contributed by atoms with Crippen LogP contribution in [0.2, 0.25) is 0 Å². The molecule has 0 spiro atoms. The molecule has 0 saturated carbocycles. The zero-order valence-corrected chi connectivity index (χ0v) is 13.5. The Labute approximate surface area is 125 Å². The molecule has 0 aromatic heterocycles. The third-order valence-corrected chi connectivity index (χ3v) is 4.90. The average molecular weight is 306 g/mol. The van der Waals surface area contributed by atoms with E-state index in [1.54, 1.807) is 23.9 Å². The van der Waals surface area contributed by atoms with E-state index in [9.17, 15) is 8.42 Å². The van der Waals surface area contributed by atoms with Crippen molar-refractivity contribution in [3.05, 3.63) is 59.2 Å². The Bertz CT molecular complexity index is 719. The summed E-state index contributed by atoms with van der Waals surface area (Å²) < 4.78 is 23.4. The van der Waals surface area contributed by atoms with Gasteiger partial charge in [-0.1, -0.05) is 18.2 Å². The van der Waals surface area contributed by atoms with Crippen molar-refractivity contribution in [2.45, 2.75) is 23.1 Å². The second-order valence-electron chi connectivity index (χ2n) is 4.95. The van der Waals surface area contributed by atoms with Gasteiger partial charge in [-0.2, -0.15) is 0 Å². The van der Waals surface area contributed by atoms with E-state index in [-0.39, 0.29) is 0 Å². The predicted molar refractivity (Wildman–Crippen MR) is 85.3 cm³/mol. The third-order valence-electron chi connectivity index (χ3n) is 3.08. The van der Waals surface area contributed by atoms with Crippen molar-refractivity contribution in [1.29, 1.82) is 0 Å². The van der Waals surface area contributed by atoms with Gasteiger partial charge in [-0.05, 0) is 60.6 Å². The highest BCUT2D eigenvalue weighted by Gasteiger charge is 2.09. The molecule has 0 unspecified atom stereocenters. The van der Waals surface area contributed by atoms with Gasteiger partial charge in [0.25, 0.3) is 0 Å². The first-order valence-electron chi connectivity index (χ1n) is 6.32. The smallest absolute Gasteiger partial charge is 0.175 e. The van der Waals surface area contributed by atoms with Crippen LogP contribution < -0.4 is 0 Å². The Morgan fingerprint density at radius 2 is 1.80 bits per heavy atom. The molecule has 0 aliphatic carbocycles. The van der Waals surface area contributed by atoms with E-state index in [2.05, 4.69) is 18.2 Å². The normalized spacial score (nSPS) is 11.6. The molecule has 0 saturated heterocycles. The second-order valence-corrected chi connectivity index (χ2v) is 7.85. The summed E-state index contributed by atoms with van der Waals surface area (Å²) in [5, 5.41) is 0. The maximum absolute atomic E-state index is 11.7. The van der Waals surface area contributed by atoms with Gasteiger partial charge in [0.2, 0.25) is 0 Å². The standard InChI is InChI=1S/C16H18O2S2/c1-12-7-14(11-16(8-12)20(3,17)18)9-13-5-4-6-15(10-13)19-2/h4-8,10-11H,9H2,1-3H3. The fourth-order valence-electron chi connectivity index (χ4n) is 2.16. The van der Waals surface area contributed by atoms with Crippen molar-refractivity contribution in [3.8, 4) is 0 Å². The minimum Gasteiger partial charge on any atom is -0.224 e. The average Bonchev–Trinajstić information content (AvgIpc) is 2.37. The minimum atomic E-state index is -3.16. The van der Waals surface area contributed by atoms with E-state index in [0.717, 1.165) is 17.5 Å². The minimum absolute atomic E-state index is 0.397. The molecule has 20 heavy (non-hydrogen) atoms. The van der Waals surface area contributed by atoms with E-state index in [0.29, 0.717) is 4.90 Å². The maximum atomic E-state index is 11.7. The number of hydrogen-bond acceptors (Lipinski definition) is 3. The fourth-order valence-corrected chi connectivity index (χ4v) is 3.41. The lowest BCUT2D eigenvalue weighted by Crippen LogP contribution is -2.00. The SMILES string of the molecule is CSc1cccc(Cc2cc(C)cc(S(C)(=O)=O)c2)c1. The van der Waals surface area contributed by atoms with Crippen molar-refractivity contribution >= 4 is 21.6 Å². The summed E-state index contributed by atoms with van der Waals surface area (Å²) in [6, 6.07) is 13.9. The Morgan fingerprint density at radius 1 is 1.05 bits per heavy atom. The zero-order chi connectivity index (χ0) is 14.8. The van der Waals surface area contributed by atoms with E-state index >= 15 is 0 Å². The Balaban J connectivity index is 2.36. The Morgan fingerprint density at radius 3 is 2.45 bits per heavy atom. The van der Waals surface area contributed by atoms with Gasteiger partial charge in [-0.3, -0.25) is 0 Å². The van der Waals surface area contributed by atoms with Crippen molar-refractivity contribution < 1.29 is 8.42 Å². The van der Waals surface area contributed by atoms with Crippen LogP contribution in [0.4, 0.5) is 0 Å². The lowest BCUT2D eigenvalue weighted by Gasteiger charge is -2.08. The molecule has 0 atom stereocenters.